The predicted octanol–water partition coefficient (Wildman–Crippen LogP) is 5.27. The summed E-state index contributed by atoms with van der Waals surface area (Å²) in [6.07, 6.45) is 1.05. The molecule has 0 bridgehead atoms. The summed E-state index contributed by atoms with van der Waals surface area (Å²) >= 11 is 12.7. The summed E-state index contributed by atoms with van der Waals surface area (Å²) in [5, 5.41) is 6.56. The molecule has 3 aromatic rings. The molecule has 1 heterocycles. The van der Waals surface area contributed by atoms with Crippen LogP contribution < -0.4 is 14.8 Å². The second kappa shape index (κ2) is 10.3. The SMILES string of the molecule is COc1cc2c(-c3ccc(Cl)cc3)nc(Cl)c(CNCCCN(C)C)c2cc1OC. The van der Waals surface area contributed by atoms with E-state index in [4.69, 9.17) is 37.7 Å². The zero-order valence-corrected chi connectivity index (χ0v) is 19.3. The van der Waals surface area contributed by atoms with E-state index in [1.165, 1.54) is 0 Å². The smallest absolute Gasteiger partial charge is 0.161 e. The lowest BCUT2D eigenvalue weighted by Gasteiger charge is -2.17. The first-order chi connectivity index (χ1) is 14.4. The number of nitrogens with one attached hydrogen (secondary N) is 1. The number of rotatable bonds is 9. The highest BCUT2D eigenvalue weighted by molar-refractivity contribution is 6.31. The minimum atomic E-state index is 0.472. The number of hydrogen-bond acceptors (Lipinski definition) is 5. The standard InChI is InChI=1S/C23H27Cl2N3O2/c1-28(2)11-5-10-26-14-19-17-12-20(29-3)21(30-4)13-18(17)22(27-23(19)25)15-6-8-16(24)9-7-15/h6-9,12-13,26H,5,10-11,14H2,1-4H3. The largest absolute Gasteiger partial charge is 0.493 e. The van der Waals surface area contributed by atoms with E-state index < -0.39 is 0 Å². The summed E-state index contributed by atoms with van der Waals surface area (Å²) in [5.74, 6) is 1.30. The molecule has 1 N–H and O–H groups in total. The highest BCUT2D eigenvalue weighted by Crippen LogP contribution is 2.39. The van der Waals surface area contributed by atoms with Gasteiger partial charge in [0.25, 0.3) is 0 Å². The van der Waals surface area contributed by atoms with Gasteiger partial charge in [0.2, 0.25) is 0 Å². The Morgan fingerprint density at radius 1 is 0.967 bits per heavy atom. The predicted molar refractivity (Wildman–Crippen MR) is 125 cm³/mol. The molecule has 5 nitrogen and oxygen atoms in total. The van der Waals surface area contributed by atoms with Gasteiger partial charge in [0.05, 0.1) is 19.9 Å². The first kappa shape index (κ1) is 22.6. The van der Waals surface area contributed by atoms with Crippen molar-refractivity contribution in [1.29, 1.82) is 0 Å². The summed E-state index contributed by atoms with van der Waals surface area (Å²) in [6, 6.07) is 11.5. The Morgan fingerprint density at radius 2 is 1.60 bits per heavy atom. The lowest BCUT2D eigenvalue weighted by atomic mass is 9.99. The second-order valence-electron chi connectivity index (χ2n) is 7.32. The first-order valence-corrected chi connectivity index (χ1v) is 10.6. The lowest BCUT2D eigenvalue weighted by molar-refractivity contribution is 0.356. The molecule has 160 valence electrons. The molecule has 0 amide bonds. The van der Waals surface area contributed by atoms with Gasteiger partial charge in [0.15, 0.2) is 11.5 Å². The lowest BCUT2D eigenvalue weighted by Crippen LogP contribution is -2.21. The van der Waals surface area contributed by atoms with Crippen LogP contribution in [0.4, 0.5) is 0 Å². The van der Waals surface area contributed by atoms with E-state index in [9.17, 15) is 0 Å². The number of methoxy groups -OCH3 is 2. The third-order valence-corrected chi connectivity index (χ3v) is 5.51. The van der Waals surface area contributed by atoms with Gasteiger partial charge < -0.3 is 19.7 Å². The maximum absolute atomic E-state index is 6.66. The van der Waals surface area contributed by atoms with Gasteiger partial charge >= 0.3 is 0 Å². The number of aromatic nitrogens is 1. The molecule has 7 heteroatoms. The Kier molecular flexibility index (Phi) is 7.78. The molecule has 1 aromatic heterocycles. The Bertz CT molecular complexity index is 1010. The molecule has 0 saturated heterocycles. The maximum atomic E-state index is 6.66. The average molecular weight is 448 g/mol. The van der Waals surface area contributed by atoms with Crippen LogP contribution in [0.5, 0.6) is 11.5 Å². The van der Waals surface area contributed by atoms with Gasteiger partial charge in [0, 0.05) is 28.1 Å². The fourth-order valence-electron chi connectivity index (χ4n) is 3.39. The first-order valence-electron chi connectivity index (χ1n) is 9.80. The molecule has 3 rings (SSSR count). The highest BCUT2D eigenvalue weighted by atomic mass is 35.5. The van der Waals surface area contributed by atoms with E-state index in [0.717, 1.165) is 47.1 Å². The summed E-state index contributed by atoms with van der Waals surface area (Å²) in [5.41, 5.74) is 2.66. The molecule has 0 aliphatic rings. The topological polar surface area (TPSA) is 46.6 Å². The van der Waals surface area contributed by atoms with Crippen molar-refractivity contribution in [3.8, 4) is 22.8 Å². The van der Waals surface area contributed by atoms with Crippen LogP contribution >= 0.6 is 23.2 Å². The van der Waals surface area contributed by atoms with Crippen LogP contribution in [-0.4, -0.2) is 51.3 Å². The third-order valence-electron chi connectivity index (χ3n) is 4.94. The zero-order chi connectivity index (χ0) is 21.7. The van der Waals surface area contributed by atoms with Crippen LogP contribution in [0.15, 0.2) is 36.4 Å². The Labute approximate surface area is 187 Å². The van der Waals surface area contributed by atoms with Crippen LogP contribution in [0.2, 0.25) is 10.2 Å². The Balaban J connectivity index is 2.07. The van der Waals surface area contributed by atoms with Crippen LogP contribution in [0, 0.1) is 0 Å². The number of halogens is 2. The van der Waals surface area contributed by atoms with E-state index in [1.807, 2.05) is 36.4 Å². The molecule has 2 aromatic carbocycles. The van der Waals surface area contributed by atoms with Crippen LogP contribution in [-0.2, 0) is 6.54 Å². The van der Waals surface area contributed by atoms with Gasteiger partial charge in [0.1, 0.15) is 5.15 Å². The Morgan fingerprint density at radius 3 is 2.20 bits per heavy atom. The number of fused-ring (bicyclic) bond motifs is 1. The molecule has 0 aliphatic heterocycles. The normalized spacial score (nSPS) is 11.3. The van der Waals surface area contributed by atoms with Crippen LogP contribution in [0.25, 0.3) is 22.0 Å². The number of hydrogen-bond donors (Lipinski definition) is 1. The minimum Gasteiger partial charge on any atom is -0.493 e. The fourth-order valence-corrected chi connectivity index (χ4v) is 3.77. The van der Waals surface area contributed by atoms with Gasteiger partial charge in [-0.2, -0.15) is 0 Å². The summed E-state index contributed by atoms with van der Waals surface area (Å²) in [7, 11) is 7.40. The van der Waals surface area contributed by atoms with Crippen molar-refractivity contribution in [3.05, 3.63) is 52.1 Å². The molecular weight excluding hydrogens is 421 g/mol. The molecule has 30 heavy (non-hydrogen) atoms. The molecule has 0 unspecified atom stereocenters. The van der Waals surface area contributed by atoms with Crippen molar-refractivity contribution >= 4 is 34.0 Å². The van der Waals surface area contributed by atoms with Gasteiger partial charge in [-0.25, -0.2) is 4.98 Å². The molecule has 0 saturated carbocycles. The van der Waals surface area contributed by atoms with Crippen LogP contribution in [0.3, 0.4) is 0 Å². The average Bonchev–Trinajstić information content (AvgIpc) is 2.74. The summed E-state index contributed by atoms with van der Waals surface area (Å²) < 4.78 is 11.1. The fraction of sp³-hybridized carbons (Fsp3) is 0.348. The summed E-state index contributed by atoms with van der Waals surface area (Å²) in [6.45, 7) is 2.54. The molecule has 0 fully saturated rings. The van der Waals surface area contributed by atoms with Gasteiger partial charge in [-0.05, 0) is 63.3 Å². The van der Waals surface area contributed by atoms with E-state index in [1.54, 1.807) is 14.2 Å². The van der Waals surface area contributed by atoms with Crippen molar-refractivity contribution in [2.24, 2.45) is 0 Å². The molecule has 0 radical (unpaired) electrons. The van der Waals surface area contributed by atoms with Gasteiger partial charge in [-0.1, -0.05) is 35.3 Å². The van der Waals surface area contributed by atoms with E-state index in [0.29, 0.717) is 28.2 Å². The quantitative estimate of drug-likeness (QED) is 0.357. The summed E-state index contributed by atoms with van der Waals surface area (Å²) in [4.78, 5) is 6.91. The number of pyridine rings is 1. The maximum Gasteiger partial charge on any atom is 0.161 e. The molecule has 0 aliphatic carbocycles. The molecular formula is C23H27Cl2N3O2. The van der Waals surface area contributed by atoms with Crippen molar-refractivity contribution in [2.45, 2.75) is 13.0 Å². The van der Waals surface area contributed by atoms with Crippen molar-refractivity contribution < 1.29 is 9.47 Å². The number of ether oxygens (including phenoxy) is 2. The molecule has 0 spiro atoms. The van der Waals surface area contributed by atoms with Crippen molar-refractivity contribution in [3.63, 3.8) is 0 Å². The van der Waals surface area contributed by atoms with Gasteiger partial charge in [-0.3, -0.25) is 0 Å². The van der Waals surface area contributed by atoms with E-state index >= 15 is 0 Å². The van der Waals surface area contributed by atoms with Crippen LogP contribution in [0.1, 0.15) is 12.0 Å². The van der Waals surface area contributed by atoms with Gasteiger partial charge in [-0.15, -0.1) is 0 Å². The van der Waals surface area contributed by atoms with Crippen molar-refractivity contribution in [2.75, 3.05) is 41.4 Å². The second-order valence-corrected chi connectivity index (χ2v) is 8.12. The monoisotopic (exact) mass is 447 g/mol. The third kappa shape index (κ3) is 5.16. The molecule has 0 atom stereocenters. The Hall–Kier alpha value is -2.05. The minimum absolute atomic E-state index is 0.472. The van der Waals surface area contributed by atoms with Crippen molar-refractivity contribution in [1.82, 2.24) is 15.2 Å². The van der Waals surface area contributed by atoms with E-state index in [-0.39, 0.29) is 0 Å². The van der Waals surface area contributed by atoms with E-state index in [2.05, 4.69) is 24.3 Å². The number of nitrogens with zero attached hydrogens (tertiary/aromatic N) is 2. The highest BCUT2D eigenvalue weighted by Gasteiger charge is 2.17. The number of benzene rings is 2. The zero-order valence-electron chi connectivity index (χ0n) is 17.8.